The molecule has 0 N–H and O–H groups in total. The van der Waals surface area contributed by atoms with Crippen LogP contribution in [0.25, 0.3) is 5.76 Å². The lowest BCUT2D eigenvalue weighted by molar-refractivity contribution is -0.173. The molecule has 0 aromatic heterocycles. The van der Waals surface area contributed by atoms with Gasteiger partial charge in [0.15, 0.2) is 11.3 Å². The van der Waals surface area contributed by atoms with Crippen molar-refractivity contribution in [3.05, 3.63) is 77.9 Å². The van der Waals surface area contributed by atoms with Crippen molar-refractivity contribution in [2.75, 3.05) is 6.54 Å². The first-order valence-corrected chi connectivity index (χ1v) is 8.23. The van der Waals surface area contributed by atoms with Crippen molar-refractivity contribution < 1.29 is 14.4 Å². The minimum absolute atomic E-state index is 0.241. The highest BCUT2D eigenvalue weighted by atomic mass is 16.7. The molecular formula is C20H19NO3. The Morgan fingerprint density at radius 2 is 1.79 bits per heavy atom. The van der Waals surface area contributed by atoms with Crippen LogP contribution in [0.5, 0.6) is 0 Å². The van der Waals surface area contributed by atoms with Crippen LogP contribution >= 0.6 is 0 Å². The van der Waals surface area contributed by atoms with E-state index in [1.165, 1.54) is 0 Å². The molecule has 4 rings (SSSR count). The maximum Gasteiger partial charge on any atom is 0.334 e. The normalized spacial score (nSPS) is 22.6. The maximum absolute atomic E-state index is 12.8. The molecule has 0 saturated carbocycles. The van der Waals surface area contributed by atoms with Gasteiger partial charge in [-0.1, -0.05) is 60.7 Å². The highest BCUT2D eigenvalue weighted by molar-refractivity contribution is 5.87. The van der Waals surface area contributed by atoms with Crippen LogP contribution in [0.2, 0.25) is 0 Å². The van der Waals surface area contributed by atoms with Gasteiger partial charge in [-0.3, -0.25) is 0 Å². The number of hydrogen-bond donors (Lipinski definition) is 0. The van der Waals surface area contributed by atoms with E-state index >= 15 is 0 Å². The molecule has 122 valence electrons. The summed E-state index contributed by atoms with van der Waals surface area (Å²) in [5.41, 5.74) is 1.17. The number of ether oxygens (including phenoxy) is 1. The third kappa shape index (κ3) is 2.59. The minimum atomic E-state index is -0.792. The van der Waals surface area contributed by atoms with Gasteiger partial charge >= 0.3 is 5.97 Å². The molecule has 1 saturated heterocycles. The van der Waals surface area contributed by atoms with Crippen molar-refractivity contribution in [2.24, 2.45) is 0 Å². The molecule has 1 fully saturated rings. The Kier molecular flexibility index (Phi) is 3.82. The van der Waals surface area contributed by atoms with Crippen LogP contribution in [0.4, 0.5) is 0 Å². The summed E-state index contributed by atoms with van der Waals surface area (Å²) in [6.07, 6.45) is 3.55. The zero-order chi connectivity index (χ0) is 16.4. The summed E-state index contributed by atoms with van der Waals surface area (Å²) in [6, 6.07) is 19.6. The third-order valence-electron chi connectivity index (χ3n) is 4.57. The van der Waals surface area contributed by atoms with Crippen molar-refractivity contribution in [2.45, 2.75) is 25.0 Å². The topological polar surface area (TPSA) is 38.8 Å². The predicted molar refractivity (Wildman–Crippen MR) is 90.4 cm³/mol. The standard InChI is InChI=1S/C20H19NO3/c22-19(23-15-16-8-3-1-4-9-16)20-12-7-13-21(20)24-18(14-20)17-10-5-2-6-11-17/h1-6,8-11,14H,7,12-13,15H2. The fourth-order valence-corrected chi connectivity index (χ4v) is 3.30. The van der Waals surface area contributed by atoms with E-state index in [0.29, 0.717) is 0 Å². The Morgan fingerprint density at radius 1 is 1.08 bits per heavy atom. The monoisotopic (exact) mass is 321 g/mol. The number of carbonyl (C=O) groups excluding carboxylic acids is 1. The van der Waals surface area contributed by atoms with Crippen molar-refractivity contribution >= 4 is 11.7 Å². The van der Waals surface area contributed by atoms with Crippen molar-refractivity contribution in [1.29, 1.82) is 0 Å². The molecule has 0 radical (unpaired) electrons. The summed E-state index contributed by atoms with van der Waals surface area (Å²) in [7, 11) is 0. The minimum Gasteiger partial charge on any atom is -0.459 e. The van der Waals surface area contributed by atoms with Crippen molar-refractivity contribution in [3.63, 3.8) is 0 Å². The van der Waals surface area contributed by atoms with Gasteiger partial charge in [0.1, 0.15) is 6.61 Å². The van der Waals surface area contributed by atoms with Gasteiger partial charge in [-0.25, -0.2) is 4.79 Å². The van der Waals surface area contributed by atoms with E-state index in [-0.39, 0.29) is 12.6 Å². The summed E-state index contributed by atoms with van der Waals surface area (Å²) >= 11 is 0. The summed E-state index contributed by atoms with van der Waals surface area (Å²) in [4.78, 5) is 18.8. The molecule has 2 aromatic carbocycles. The molecule has 0 bridgehead atoms. The van der Waals surface area contributed by atoms with Crippen LogP contribution in [0.1, 0.15) is 24.0 Å². The first-order valence-electron chi connectivity index (χ1n) is 8.23. The number of hydroxylamine groups is 2. The first kappa shape index (κ1) is 15.0. The lowest BCUT2D eigenvalue weighted by atomic mass is 9.96. The molecule has 24 heavy (non-hydrogen) atoms. The molecule has 4 nitrogen and oxygen atoms in total. The Balaban J connectivity index is 1.55. The zero-order valence-corrected chi connectivity index (χ0v) is 13.4. The molecule has 1 atom stereocenters. The van der Waals surface area contributed by atoms with Crippen molar-refractivity contribution in [1.82, 2.24) is 5.06 Å². The maximum atomic E-state index is 12.8. The van der Waals surface area contributed by atoms with Gasteiger partial charge in [-0.05, 0) is 24.5 Å². The fourth-order valence-electron chi connectivity index (χ4n) is 3.30. The van der Waals surface area contributed by atoms with E-state index in [1.807, 2.05) is 66.7 Å². The molecule has 2 aliphatic rings. The van der Waals surface area contributed by atoms with Gasteiger partial charge in [-0.15, -0.1) is 5.06 Å². The first-order chi connectivity index (χ1) is 11.8. The SMILES string of the molecule is O=C(OCc1ccccc1)C12C=C(c3ccccc3)ON1CCC2. The van der Waals surface area contributed by atoms with Gasteiger partial charge in [0, 0.05) is 12.1 Å². The lowest BCUT2D eigenvalue weighted by Gasteiger charge is -2.26. The van der Waals surface area contributed by atoms with E-state index in [0.717, 1.165) is 36.3 Å². The van der Waals surface area contributed by atoms with Crippen molar-refractivity contribution in [3.8, 4) is 0 Å². The second-order valence-electron chi connectivity index (χ2n) is 6.16. The number of fused-ring (bicyclic) bond motifs is 1. The van der Waals surface area contributed by atoms with E-state index in [9.17, 15) is 4.79 Å². The Labute approximate surface area is 141 Å². The summed E-state index contributed by atoms with van der Waals surface area (Å²) in [6.45, 7) is 1.01. The summed E-state index contributed by atoms with van der Waals surface area (Å²) < 4.78 is 5.60. The predicted octanol–water partition coefficient (Wildman–Crippen LogP) is 3.55. The number of carbonyl (C=O) groups is 1. The third-order valence-corrected chi connectivity index (χ3v) is 4.57. The molecule has 2 aliphatic heterocycles. The second kappa shape index (κ2) is 6.13. The van der Waals surface area contributed by atoms with Crippen LogP contribution in [0, 0.1) is 0 Å². The van der Waals surface area contributed by atoms with Crippen LogP contribution < -0.4 is 0 Å². The Morgan fingerprint density at radius 3 is 2.54 bits per heavy atom. The van der Waals surface area contributed by atoms with Crippen LogP contribution in [0.3, 0.4) is 0 Å². The van der Waals surface area contributed by atoms with Gasteiger partial charge in [0.05, 0.1) is 0 Å². The molecule has 4 heteroatoms. The number of benzene rings is 2. The van der Waals surface area contributed by atoms with Crippen LogP contribution in [-0.2, 0) is 21.0 Å². The number of hydrogen-bond acceptors (Lipinski definition) is 4. The molecule has 0 amide bonds. The second-order valence-corrected chi connectivity index (χ2v) is 6.16. The van der Waals surface area contributed by atoms with Gasteiger partial charge in [0.25, 0.3) is 0 Å². The summed E-state index contributed by atoms with van der Waals surface area (Å²) in [5, 5.41) is 1.77. The molecule has 2 heterocycles. The summed E-state index contributed by atoms with van der Waals surface area (Å²) in [5.74, 6) is 0.488. The Hall–Kier alpha value is -2.59. The highest BCUT2D eigenvalue weighted by Crippen LogP contribution is 2.42. The van der Waals surface area contributed by atoms with Gasteiger partial charge in [0.2, 0.25) is 0 Å². The van der Waals surface area contributed by atoms with E-state index in [4.69, 9.17) is 9.57 Å². The number of nitrogens with zero attached hydrogens (tertiary/aromatic N) is 1. The van der Waals surface area contributed by atoms with Crippen LogP contribution in [0.15, 0.2) is 66.7 Å². The van der Waals surface area contributed by atoms with E-state index in [2.05, 4.69) is 0 Å². The molecule has 0 spiro atoms. The molecule has 1 unspecified atom stereocenters. The molecule has 2 aromatic rings. The number of rotatable bonds is 4. The average molecular weight is 321 g/mol. The smallest absolute Gasteiger partial charge is 0.334 e. The van der Waals surface area contributed by atoms with Crippen LogP contribution in [-0.4, -0.2) is 23.1 Å². The highest BCUT2D eigenvalue weighted by Gasteiger charge is 2.53. The van der Waals surface area contributed by atoms with Gasteiger partial charge in [-0.2, -0.15) is 0 Å². The van der Waals surface area contributed by atoms with Gasteiger partial charge < -0.3 is 9.57 Å². The lowest BCUT2D eigenvalue weighted by Crippen LogP contribution is -2.46. The fraction of sp³-hybridized carbons (Fsp3) is 0.250. The number of esters is 1. The molecule has 0 aliphatic carbocycles. The zero-order valence-electron chi connectivity index (χ0n) is 13.4. The van der Waals surface area contributed by atoms with E-state index < -0.39 is 5.54 Å². The average Bonchev–Trinajstić information content (AvgIpc) is 3.20. The largest absolute Gasteiger partial charge is 0.459 e. The Bertz CT molecular complexity index is 757. The quantitative estimate of drug-likeness (QED) is 0.807. The van der Waals surface area contributed by atoms with E-state index in [1.54, 1.807) is 5.06 Å². The molecular weight excluding hydrogens is 302 g/mol.